The van der Waals surface area contributed by atoms with Crippen LogP contribution in [0, 0.1) is 5.92 Å². The number of carbonyl (C=O) groups excluding carboxylic acids is 1. The highest BCUT2D eigenvalue weighted by molar-refractivity contribution is 5.79. The van der Waals surface area contributed by atoms with Crippen molar-refractivity contribution in [1.29, 1.82) is 0 Å². The van der Waals surface area contributed by atoms with Crippen LogP contribution in [0.5, 0.6) is 0 Å². The summed E-state index contributed by atoms with van der Waals surface area (Å²) in [7, 11) is 0. The van der Waals surface area contributed by atoms with Crippen LogP contribution in [0.2, 0.25) is 0 Å². The average Bonchev–Trinajstić information content (AvgIpc) is 2.45. The molecule has 2 N–H and O–H groups in total. The van der Waals surface area contributed by atoms with Crippen LogP contribution < -0.4 is 5.32 Å². The summed E-state index contributed by atoms with van der Waals surface area (Å²) in [4.78, 5) is 23.1. The first kappa shape index (κ1) is 21.7. The van der Waals surface area contributed by atoms with Gasteiger partial charge >= 0.3 is 12.1 Å². The average molecular weight is 329 g/mol. The lowest BCUT2D eigenvalue weighted by Crippen LogP contribution is -2.43. The number of rotatable bonds is 13. The third-order valence-corrected chi connectivity index (χ3v) is 3.81. The van der Waals surface area contributed by atoms with Gasteiger partial charge in [-0.05, 0) is 31.6 Å². The van der Waals surface area contributed by atoms with E-state index in [1.807, 2.05) is 13.8 Å². The first-order valence-corrected chi connectivity index (χ1v) is 9.10. The third kappa shape index (κ3) is 11.9. The zero-order valence-corrected chi connectivity index (χ0v) is 15.3. The molecule has 0 heterocycles. The maximum absolute atomic E-state index is 12.0. The topological polar surface area (TPSA) is 75.6 Å². The van der Waals surface area contributed by atoms with Gasteiger partial charge in [-0.25, -0.2) is 9.59 Å². The van der Waals surface area contributed by atoms with Crippen molar-refractivity contribution in [1.82, 2.24) is 5.32 Å². The van der Waals surface area contributed by atoms with Gasteiger partial charge in [0.05, 0.1) is 0 Å². The summed E-state index contributed by atoms with van der Waals surface area (Å²) in [5.41, 5.74) is 0. The molecule has 0 aliphatic carbocycles. The normalized spacial score (nSPS) is 13.6. The molecule has 0 aromatic heterocycles. The second kappa shape index (κ2) is 13.2. The fraction of sp³-hybridized carbons (Fsp3) is 0.889. The van der Waals surface area contributed by atoms with Crippen LogP contribution in [0.25, 0.3) is 0 Å². The summed E-state index contributed by atoms with van der Waals surface area (Å²) in [5, 5.41) is 11.6. The number of carboxylic acids is 1. The molecule has 23 heavy (non-hydrogen) atoms. The molecule has 136 valence electrons. The number of carboxylic acid groups (broad SMARTS) is 1. The van der Waals surface area contributed by atoms with Gasteiger partial charge in [-0.3, -0.25) is 0 Å². The molecule has 0 rings (SSSR count). The second-order valence-electron chi connectivity index (χ2n) is 6.68. The molecule has 0 aromatic carbocycles. The monoisotopic (exact) mass is 329 g/mol. The van der Waals surface area contributed by atoms with Crippen molar-refractivity contribution in [2.75, 3.05) is 0 Å². The van der Waals surface area contributed by atoms with Crippen LogP contribution in [-0.4, -0.2) is 29.3 Å². The molecule has 0 aliphatic rings. The molecule has 0 fully saturated rings. The Morgan fingerprint density at radius 1 is 1.00 bits per heavy atom. The van der Waals surface area contributed by atoms with E-state index in [1.54, 1.807) is 0 Å². The van der Waals surface area contributed by atoms with E-state index < -0.39 is 18.1 Å². The molecule has 1 amide bonds. The van der Waals surface area contributed by atoms with Gasteiger partial charge in [0.1, 0.15) is 12.1 Å². The number of hydrogen-bond donors (Lipinski definition) is 2. The molecule has 0 saturated carbocycles. The van der Waals surface area contributed by atoms with Crippen molar-refractivity contribution in [3.63, 3.8) is 0 Å². The Balaban J connectivity index is 4.27. The SMILES string of the molecule is CCCCCCCC(CCC)OC(=O)NC(CC(C)C)C(=O)O. The van der Waals surface area contributed by atoms with Crippen molar-refractivity contribution in [3.05, 3.63) is 0 Å². The lowest BCUT2D eigenvalue weighted by atomic mass is 10.0. The van der Waals surface area contributed by atoms with E-state index in [-0.39, 0.29) is 12.0 Å². The van der Waals surface area contributed by atoms with Gasteiger partial charge < -0.3 is 15.2 Å². The number of carbonyl (C=O) groups is 2. The van der Waals surface area contributed by atoms with Gasteiger partial charge in [0.15, 0.2) is 0 Å². The maximum Gasteiger partial charge on any atom is 0.408 e. The summed E-state index contributed by atoms with van der Waals surface area (Å²) < 4.78 is 5.45. The number of aliphatic carboxylic acids is 1. The van der Waals surface area contributed by atoms with Gasteiger partial charge in [0, 0.05) is 0 Å². The molecule has 0 bridgehead atoms. The molecule has 0 aliphatic heterocycles. The van der Waals surface area contributed by atoms with Crippen molar-refractivity contribution < 1.29 is 19.4 Å². The Hall–Kier alpha value is -1.26. The number of ether oxygens (including phenoxy) is 1. The lowest BCUT2D eigenvalue weighted by molar-refractivity contribution is -0.139. The Kier molecular flexibility index (Phi) is 12.5. The number of alkyl carbamates (subject to hydrolysis) is 1. The van der Waals surface area contributed by atoms with Crippen LogP contribution >= 0.6 is 0 Å². The van der Waals surface area contributed by atoms with Gasteiger partial charge in [0.2, 0.25) is 0 Å². The zero-order valence-electron chi connectivity index (χ0n) is 15.3. The maximum atomic E-state index is 12.0. The van der Waals surface area contributed by atoms with Gasteiger partial charge in [0.25, 0.3) is 0 Å². The Bertz CT molecular complexity index is 331. The highest BCUT2D eigenvalue weighted by atomic mass is 16.6. The van der Waals surface area contributed by atoms with Crippen LogP contribution in [0.15, 0.2) is 0 Å². The second-order valence-corrected chi connectivity index (χ2v) is 6.68. The molecule has 5 nitrogen and oxygen atoms in total. The Morgan fingerprint density at radius 3 is 2.17 bits per heavy atom. The van der Waals surface area contributed by atoms with E-state index in [2.05, 4.69) is 19.2 Å². The Morgan fingerprint density at radius 2 is 1.65 bits per heavy atom. The van der Waals surface area contributed by atoms with E-state index in [0.717, 1.165) is 32.1 Å². The van der Waals surface area contributed by atoms with Crippen LogP contribution in [0.4, 0.5) is 4.79 Å². The van der Waals surface area contributed by atoms with Gasteiger partial charge in [-0.1, -0.05) is 59.8 Å². The first-order chi connectivity index (χ1) is 10.9. The molecule has 2 atom stereocenters. The van der Waals surface area contributed by atoms with Crippen molar-refractivity contribution >= 4 is 12.1 Å². The number of nitrogens with one attached hydrogen (secondary N) is 1. The van der Waals surface area contributed by atoms with E-state index in [1.165, 1.54) is 19.3 Å². The van der Waals surface area contributed by atoms with Crippen molar-refractivity contribution in [2.24, 2.45) is 5.92 Å². The standard InChI is InChI=1S/C18H35NO4/c1-5-7-8-9-10-12-15(11-6-2)23-18(22)19-16(17(20)21)13-14(3)4/h14-16H,5-13H2,1-4H3,(H,19,22)(H,20,21). The van der Waals surface area contributed by atoms with Crippen LogP contribution in [-0.2, 0) is 9.53 Å². The number of unbranched alkanes of at least 4 members (excludes halogenated alkanes) is 4. The minimum atomic E-state index is -1.01. The number of amides is 1. The highest BCUT2D eigenvalue weighted by Gasteiger charge is 2.23. The fourth-order valence-corrected chi connectivity index (χ4v) is 2.58. The molecule has 0 saturated heterocycles. The summed E-state index contributed by atoms with van der Waals surface area (Å²) in [6.45, 7) is 8.10. The molecule has 2 unspecified atom stereocenters. The van der Waals surface area contributed by atoms with Crippen LogP contribution in [0.1, 0.15) is 85.5 Å². The molecular weight excluding hydrogens is 294 g/mol. The minimum Gasteiger partial charge on any atom is -0.480 e. The first-order valence-electron chi connectivity index (χ1n) is 9.10. The zero-order chi connectivity index (χ0) is 17.7. The highest BCUT2D eigenvalue weighted by Crippen LogP contribution is 2.14. The molecular formula is C18H35NO4. The fourth-order valence-electron chi connectivity index (χ4n) is 2.58. The van der Waals surface area contributed by atoms with Crippen LogP contribution in [0.3, 0.4) is 0 Å². The van der Waals surface area contributed by atoms with E-state index in [9.17, 15) is 9.59 Å². The smallest absolute Gasteiger partial charge is 0.408 e. The largest absolute Gasteiger partial charge is 0.480 e. The molecule has 5 heteroatoms. The van der Waals surface area contributed by atoms with Crippen molar-refractivity contribution in [3.8, 4) is 0 Å². The van der Waals surface area contributed by atoms with Gasteiger partial charge in [-0.2, -0.15) is 0 Å². The molecule has 0 radical (unpaired) electrons. The predicted octanol–water partition coefficient (Wildman–Crippen LogP) is 4.74. The third-order valence-electron chi connectivity index (χ3n) is 3.81. The van der Waals surface area contributed by atoms with E-state index in [4.69, 9.17) is 9.84 Å². The van der Waals surface area contributed by atoms with E-state index >= 15 is 0 Å². The summed E-state index contributed by atoms with van der Waals surface area (Å²) in [6, 6.07) is -0.880. The lowest BCUT2D eigenvalue weighted by Gasteiger charge is -2.21. The summed E-state index contributed by atoms with van der Waals surface area (Å²) in [5.74, 6) is -0.816. The van der Waals surface area contributed by atoms with Crippen molar-refractivity contribution in [2.45, 2.75) is 97.6 Å². The molecule has 0 aromatic rings. The summed E-state index contributed by atoms with van der Waals surface area (Å²) >= 11 is 0. The number of hydrogen-bond acceptors (Lipinski definition) is 3. The predicted molar refractivity (Wildman–Crippen MR) is 92.6 cm³/mol. The van der Waals surface area contributed by atoms with Gasteiger partial charge in [-0.15, -0.1) is 0 Å². The minimum absolute atomic E-state index is 0.116. The van der Waals surface area contributed by atoms with E-state index in [0.29, 0.717) is 6.42 Å². The quantitative estimate of drug-likeness (QED) is 0.478. The molecule has 0 spiro atoms. The Labute approximate surface area is 141 Å². The summed E-state index contributed by atoms with van der Waals surface area (Å²) in [6.07, 6.45) is 8.18.